The second-order valence-electron chi connectivity index (χ2n) is 5.30. The van der Waals surface area contributed by atoms with Crippen LogP contribution in [0.1, 0.15) is 26.1 Å². The van der Waals surface area contributed by atoms with Crippen molar-refractivity contribution in [3.63, 3.8) is 0 Å². The Morgan fingerprint density at radius 1 is 1.44 bits per heavy atom. The number of aliphatic hydroxyl groups is 1. The Hall–Kier alpha value is -0.910. The summed E-state index contributed by atoms with van der Waals surface area (Å²) in [6.07, 6.45) is 4.90. The van der Waals surface area contributed by atoms with Gasteiger partial charge in [0.1, 0.15) is 5.82 Å². The minimum Gasteiger partial charge on any atom is -0.395 e. The first-order chi connectivity index (χ1) is 8.69. The van der Waals surface area contributed by atoms with Gasteiger partial charge in [0.15, 0.2) is 0 Å². The quantitative estimate of drug-likeness (QED) is 0.772. The second-order valence-corrected chi connectivity index (χ2v) is 5.30. The van der Waals surface area contributed by atoms with Gasteiger partial charge >= 0.3 is 0 Å². The average Bonchev–Trinajstić information content (AvgIpc) is 2.81. The fourth-order valence-corrected chi connectivity index (χ4v) is 2.45. The van der Waals surface area contributed by atoms with Crippen LogP contribution >= 0.6 is 0 Å². The van der Waals surface area contributed by atoms with E-state index in [0.29, 0.717) is 6.04 Å². The molecule has 0 amide bonds. The molecule has 2 N–H and O–H groups in total. The zero-order valence-electron chi connectivity index (χ0n) is 11.3. The van der Waals surface area contributed by atoms with Crippen LogP contribution in [0.3, 0.4) is 0 Å². The van der Waals surface area contributed by atoms with Crippen molar-refractivity contribution in [3.05, 3.63) is 18.2 Å². The van der Waals surface area contributed by atoms with Gasteiger partial charge in [-0.3, -0.25) is 4.90 Å². The van der Waals surface area contributed by atoms with Crippen LogP contribution in [-0.2, 0) is 13.1 Å². The predicted octanol–water partition coefficient (Wildman–Crippen LogP) is 0.448. The smallest absolute Gasteiger partial charge is 0.122 e. The number of rotatable bonds is 6. The number of fused-ring (bicyclic) bond motifs is 1. The van der Waals surface area contributed by atoms with Crippen molar-refractivity contribution in [1.29, 1.82) is 0 Å². The molecule has 1 aromatic heterocycles. The van der Waals surface area contributed by atoms with Crippen LogP contribution in [0.25, 0.3) is 0 Å². The SMILES string of the molecule is CC(C)NC(CO)CCN1CCn2ccnc2C1. The third kappa shape index (κ3) is 3.54. The van der Waals surface area contributed by atoms with E-state index in [2.05, 4.69) is 33.6 Å². The van der Waals surface area contributed by atoms with E-state index in [1.54, 1.807) is 0 Å². The number of nitrogens with zero attached hydrogens (tertiary/aromatic N) is 3. The molecule has 1 unspecified atom stereocenters. The van der Waals surface area contributed by atoms with Crippen LogP contribution in [0.2, 0.25) is 0 Å². The third-order valence-corrected chi connectivity index (χ3v) is 3.41. The van der Waals surface area contributed by atoms with Gasteiger partial charge in [0.25, 0.3) is 0 Å². The highest BCUT2D eigenvalue weighted by molar-refractivity contribution is 4.95. The van der Waals surface area contributed by atoms with Crippen LogP contribution in [0.4, 0.5) is 0 Å². The van der Waals surface area contributed by atoms with Crippen molar-refractivity contribution in [1.82, 2.24) is 19.8 Å². The Balaban J connectivity index is 1.77. The van der Waals surface area contributed by atoms with E-state index in [1.165, 1.54) is 0 Å². The van der Waals surface area contributed by atoms with Crippen LogP contribution < -0.4 is 5.32 Å². The van der Waals surface area contributed by atoms with Crippen molar-refractivity contribution in [2.75, 3.05) is 19.7 Å². The molecule has 1 aliphatic heterocycles. The summed E-state index contributed by atoms with van der Waals surface area (Å²) in [7, 11) is 0. The predicted molar refractivity (Wildman–Crippen MR) is 71.3 cm³/mol. The van der Waals surface area contributed by atoms with Gasteiger partial charge in [0.2, 0.25) is 0 Å². The molecule has 2 heterocycles. The van der Waals surface area contributed by atoms with E-state index in [9.17, 15) is 5.11 Å². The molecule has 0 spiro atoms. The van der Waals surface area contributed by atoms with Gasteiger partial charge in [0.05, 0.1) is 13.2 Å². The van der Waals surface area contributed by atoms with Crippen molar-refractivity contribution >= 4 is 0 Å². The van der Waals surface area contributed by atoms with Gasteiger partial charge in [-0.2, -0.15) is 0 Å². The fourth-order valence-electron chi connectivity index (χ4n) is 2.45. The normalized spacial score (nSPS) is 18.0. The highest BCUT2D eigenvalue weighted by Gasteiger charge is 2.17. The molecule has 0 bridgehead atoms. The molecular weight excluding hydrogens is 228 g/mol. The monoisotopic (exact) mass is 252 g/mol. The molecule has 1 atom stereocenters. The minimum absolute atomic E-state index is 0.201. The summed E-state index contributed by atoms with van der Waals surface area (Å²) in [4.78, 5) is 6.77. The Kier molecular flexibility index (Phi) is 4.74. The molecule has 0 saturated carbocycles. The summed E-state index contributed by atoms with van der Waals surface area (Å²) in [6, 6.07) is 0.620. The Morgan fingerprint density at radius 2 is 2.28 bits per heavy atom. The summed E-state index contributed by atoms with van der Waals surface area (Å²) in [5, 5.41) is 12.7. The fraction of sp³-hybridized carbons (Fsp3) is 0.769. The van der Waals surface area contributed by atoms with E-state index in [4.69, 9.17) is 0 Å². The van der Waals surface area contributed by atoms with Gasteiger partial charge in [-0.25, -0.2) is 4.98 Å². The van der Waals surface area contributed by atoms with Gasteiger partial charge < -0.3 is 15.0 Å². The minimum atomic E-state index is 0.201. The first-order valence-electron chi connectivity index (χ1n) is 6.78. The highest BCUT2D eigenvalue weighted by atomic mass is 16.3. The van der Waals surface area contributed by atoms with Gasteiger partial charge in [0, 0.05) is 44.1 Å². The van der Waals surface area contributed by atoms with Crippen molar-refractivity contribution in [2.45, 2.75) is 45.4 Å². The van der Waals surface area contributed by atoms with E-state index in [0.717, 1.165) is 38.4 Å². The summed E-state index contributed by atoms with van der Waals surface area (Å²) in [5.74, 6) is 1.15. The molecule has 0 aliphatic carbocycles. The zero-order chi connectivity index (χ0) is 13.0. The van der Waals surface area contributed by atoms with Crippen molar-refractivity contribution in [2.24, 2.45) is 0 Å². The molecule has 102 valence electrons. The molecule has 0 aromatic carbocycles. The molecule has 5 heteroatoms. The zero-order valence-corrected chi connectivity index (χ0v) is 11.3. The number of imidazole rings is 1. The van der Waals surface area contributed by atoms with Gasteiger partial charge in [-0.05, 0) is 6.42 Å². The standard InChI is InChI=1S/C13H24N4O/c1-11(2)15-12(10-18)3-5-16-7-8-17-6-4-14-13(17)9-16/h4,6,11-12,15,18H,3,5,7-10H2,1-2H3. The maximum atomic E-state index is 9.33. The molecular formula is C13H24N4O. The average molecular weight is 252 g/mol. The van der Waals surface area contributed by atoms with Crippen LogP contribution in [0, 0.1) is 0 Å². The van der Waals surface area contributed by atoms with E-state index >= 15 is 0 Å². The van der Waals surface area contributed by atoms with Crippen LogP contribution in [-0.4, -0.2) is 51.3 Å². The molecule has 5 nitrogen and oxygen atoms in total. The number of aliphatic hydroxyl groups excluding tert-OH is 1. The number of nitrogens with one attached hydrogen (secondary N) is 1. The lowest BCUT2D eigenvalue weighted by atomic mass is 10.2. The Bertz CT molecular complexity index is 364. The lowest BCUT2D eigenvalue weighted by Crippen LogP contribution is -2.41. The number of hydrogen-bond donors (Lipinski definition) is 2. The topological polar surface area (TPSA) is 53.3 Å². The number of hydrogen-bond acceptors (Lipinski definition) is 4. The maximum absolute atomic E-state index is 9.33. The molecule has 1 aliphatic rings. The first-order valence-corrected chi connectivity index (χ1v) is 6.78. The summed E-state index contributed by atoms with van der Waals surface area (Å²) in [6.45, 7) is 8.46. The molecule has 0 saturated heterocycles. The second kappa shape index (κ2) is 6.31. The molecule has 1 aromatic rings. The maximum Gasteiger partial charge on any atom is 0.122 e. The first kappa shape index (κ1) is 13.5. The Labute approximate surface area is 109 Å². The van der Waals surface area contributed by atoms with Crippen LogP contribution in [0.15, 0.2) is 12.4 Å². The summed E-state index contributed by atoms with van der Waals surface area (Å²) in [5.41, 5.74) is 0. The lowest BCUT2D eigenvalue weighted by molar-refractivity contribution is 0.178. The largest absolute Gasteiger partial charge is 0.395 e. The van der Waals surface area contributed by atoms with E-state index in [-0.39, 0.29) is 12.6 Å². The van der Waals surface area contributed by atoms with Gasteiger partial charge in [-0.15, -0.1) is 0 Å². The van der Waals surface area contributed by atoms with Crippen molar-refractivity contribution in [3.8, 4) is 0 Å². The molecule has 2 rings (SSSR count). The molecule has 18 heavy (non-hydrogen) atoms. The Morgan fingerprint density at radius 3 is 3.00 bits per heavy atom. The van der Waals surface area contributed by atoms with E-state index < -0.39 is 0 Å². The van der Waals surface area contributed by atoms with Crippen LogP contribution in [0.5, 0.6) is 0 Å². The lowest BCUT2D eigenvalue weighted by Gasteiger charge is -2.29. The molecule has 0 radical (unpaired) electrons. The number of aromatic nitrogens is 2. The summed E-state index contributed by atoms with van der Waals surface area (Å²) >= 11 is 0. The third-order valence-electron chi connectivity index (χ3n) is 3.41. The highest BCUT2D eigenvalue weighted by Crippen LogP contribution is 2.10. The molecule has 0 fully saturated rings. The van der Waals surface area contributed by atoms with E-state index in [1.807, 2.05) is 12.4 Å². The summed E-state index contributed by atoms with van der Waals surface area (Å²) < 4.78 is 2.21. The van der Waals surface area contributed by atoms with Gasteiger partial charge in [-0.1, -0.05) is 13.8 Å². The van der Waals surface area contributed by atoms with Crippen molar-refractivity contribution < 1.29 is 5.11 Å².